The number of hydrogen-bond donors (Lipinski definition) is 7. The Morgan fingerprint density at radius 1 is 0.824 bits per heavy atom. The van der Waals surface area contributed by atoms with Crippen LogP contribution in [0.5, 0.6) is 5.75 Å². The minimum atomic E-state index is -1.99. The standard InChI is InChI=1S/C67H80FN9O8/c1-44-26-27-49(39-72-63(82)53-38-52(79)41-75(53)64(83)60(66(2,3)4)74-65(84)67(68)32-33-67)54(36-44)85-42-56(81)71-35-16-14-25-55(80)70-34-15-6-5-9-18-45-19-17-20-46(37-45)40-76-59(48-23-12-8-13-24-48)57(47-21-10-7-11-22-47)58-61(69)77(43-73-62(58)76)50-28-30-51(78)31-29-50/h7-8,10-13,17,19-24,26-27,36-37,43,50-53,60,69,78-79H,5-6,14-16,25,28-35,38-42H2,1-4H3,(H,70,80)(H,71,81)(H,72,82)(H,74,84)/t50?,51?,52-,53+,60-/m1/s1. The van der Waals surface area contributed by atoms with Gasteiger partial charge in [-0.1, -0.05) is 118 Å². The molecule has 0 radical (unpaired) electrons. The SMILES string of the molecule is Cc1ccc(CNC(=O)[C@@H]2C[C@@H](O)CN2C(=O)[C@@H](NC(=O)C2(F)CC2)C(C)(C)C)c(OCC(=O)NCCCCC(=O)NCCCCC#Cc2cccc(Cn3c(-c4ccccc4)c(-c4ccccc4)c4c(=N)n(C5CCC(O)CC5)cnc43)c2)c1. The number of carbonyl (C=O) groups excluding carboxylic acids is 5. The van der Waals surface area contributed by atoms with Crippen molar-refractivity contribution in [2.24, 2.45) is 5.41 Å². The lowest BCUT2D eigenvalue weighted by atomic mass is 9.85. The number of aliphatic hydroxyl groups is 2. The van der Waals surface area contributed by atoms with Crippen molar-refractivity contribution in [1.82, 2.24) is 40.3 Å². The van der Waals surface area contributed by atoms with Crippen LogP contribution in [0.15, 0.2) is 109 Å². The molecule has 1 saturated heterocycles. The van der Waals surface area contributed by atoms with Gasteiger partial charge in [0.05, 0.1) is 29.6 Å². The molecule has 2 aliphatic carbocycles. The van der Waals surface area contributed by atoms with E-state index < -0.39 is 47.0 Å². The Morgan fingerprint density at radius 2 is 1.52 bits per heavy atom. The molecular formula is C67H80FN9O8. The average molecular weight is 1160 g/mol. The quantitative estimate of drug-likeness (QED) is 0.0242. The summed E-state index contributed by atoms with van der Waals surface area (Å²) in [6.45, 7) is 8.11. The van der Waals surface area contributed by atoms with Crippen LogP contribution >= 0.6 is 0 Å². The normalized spacial score (nSPS) is 18.4. The van der Waals surface area contributed by atoms with Gasteiger partial charge in [-0.2, -0.15) is 0 Å². The van der Waals surface area contributed by atoms with Crippen LogP contribution in [0.2, 0.25) is 0 Å². The van der Waals surface area contributed by atoms with Gasteiger partial charge in [-0.3, -0.25) is 29.4 Å². The number of aromatic nitrogens is 3. The summed E-state index contributed by atoms with van der Waals surface area (Å²) in [7, 11) is 0. The lowest BCUT2D eigenvalue weighted by Gasteiger charge is -2.35. The Hall–Kier alpha value is -8.14. The Bertz CT molecular complexity index is 3480. The number of halogens is 1. The summed E-state index contributed by atoms with van der Waals surface area (Å²) >= 11 is 0. The molecular weight excluding hydrogens is 1080 g/mol. The zero-order valence-corrected chi connectivity index (χ0v) is 49.2. The van der Waals surface area contributed by atoms with Crippen molar-refractivity contribution in [3.63, 3.8) is 0 Å². The number of alkyl halides is 1. The molecule has 0 bridgehead atoms. The third-order valence-corrected chi connectivity index (χ3v) is 16.3. The highest BCUT2D eigenvalue weighted by Gasteiger charge is 2.53. The highest BCUT2D eigenvalue weighted by Crippen LogP contribution is 2.42. The number of nitrogens with zero attached hydrogens (tertiary/aromatic N) is 4. The molecule has 85 heavy (non-hydrogen) atoms. The first kappa shape index (κ1) is 61.4. The molecule has 6 aromatic rings. The summed E-state index contributed by atoms with van der Waals surface area (Å²) in [6.07, 6.45) is 7.49. The number of likely N-dealkylation sites (tertiary alicyclic amines) is 1. The molecule has 0 spiro atoms. The van der Waals surface area contributed by atoms with E-state index in [0.29, 0.717) is 75.0 Å². The summed E-state index contributed by atoms with van der Waals surface area (Å²) in [5.41, 5.74) is 5.79. The van der Waals surface area contributed by atoms with Crippen LogP contribution in [0.3, 0.4) is 0 Å². The van der Waals surface area contributed by atoms with Gasteiger partial charge in [0.25, 0.3) is 11.8 Å². The second-order valence-corrected chi connectivity index (χ2v) is 24.1. The fourth-order valence-electron chi connectivity index (χ4n) is 11.4. The van der Waals surface area contributed by atoms with Crippen molar-refractivity contribution in [3.05, 3.63) is 137 Å². The number of amides is 5. The highest BCUT2D eigenvalue weighted by molar-refractivity contribution is 6.03. The fraction of sp³-hybridized carbons (Fsp3) is 0.448. The number of ether oxygens (including phenoxy) is 1. The Balaban J connectivity index is 0.699. The molecule has 4 aromatic carbocycles. The number of hydrogen-bond acceptors (Lipinski definition) is 10. The van der Waals surface area contributed by atoms with E-state index in [-0.39, 0.29) is 62.9 Å². The predicted molar refractivity (Wildman–Crippen MR) is 323 cm³/mol. The second-order valence-electron chi connectivity index (χ2n) is 24.1. The van der Waals surface area contributed by atoms with E-state index in [1.807, 2.05) is 72.4 Å². The van der Waals surface area contributed by atoms with E-state index in [4.69, 9.17) is 9.72 Å². The first-order valence-corrected chi connectivity index (χ1v) is 29.9. The van der Waals surface area contributed by atoms with E-state index in [1.54, 1.807) is 32.9 Å². The van der Waals surface area contributed by atoms with Gasteiger partial charge in [0.2, 0.25) is 17.7 Å². The fourth-order valence-corrected chi connectivity index (χ4v) is 11.4. The van der Waals surface area contributed by atoms with Gasteiger partial charge in [-0.05, 0) is 117 Å². The van der Waals surface area contributed by atoms with E-state index in [0.717, 1.165) is 75.8 Å². The average Bonchev–Trinajstić information content (AvgIpc) is 1.72. The molecule has 3 aliphatic rings. The summed E-state index contributed by atoms with van der Waals surface area (Å²) in [5.74, 6) is 4.72. The predicted octanol–water partition coefficient (Wildman–Crippen LogP) is 8.10. The van der Waals surface area contributed by atoms with Crippen molar-refractivity contribution in [2.45, 2.75) is 160 Å². The van der Waals surface area contributed by atoms with Gasteiger partial charge in [0.1, 0.15) is 29.0 Å². The number of β-amino-alcohol motifs (C(OH)–C–C–N with tert-alkyl or cyclic N) is 1. The largest absolute Gasteiger partial charge is 0.483 e. The van der Waals surface area contributed by atoms with Crippen LogP contribution in [0.1, 0.15) is 133 Å². The molecule has 18 heteroatoms. The summed E-state index contributed by atoms with van der Waals surface area (Å²) in [4.78, 5) is 72.0. The number of unbranched alkanes of at least 4 members (excludes halogenated alkanes) is 3. The van der Waals surface area contributed by atoms with Gasteiger partial charge in [0.15, 0.2) is 12.3 Å². The third kappa shape index (κ3) is 15.6. The third-order valence-electron chi connectivity index (χ3n) is 16.3. The molecule has 5 amide bonds. The zero-order valence-electron chi connectivity index (χ0n) is 49.2. The van der Waals surface area contributed by atoms with Crippen molar-refractivity contribution in [1.29, 1.82) is 5.41 Å². The maximum absolute atomic E-state index is 14.6. The molecule has 3 heterocycles. The number of aryl methyl sites for hydroxylation is 1. The van der Waals surface area contributed by atoms with E-state index in [2.05, 4.69) is 74.1 Å². The van der Waals surface area contributed by atoms with Crippen molar-refractivity contribution >= 4 is 40.6 Å². The summed E-state index contributed by atoms with van der Waals surface area (Å²) < 4.78 is 24.8. The van der Waals surface area contributed by atoms with Crippen LogP contribution < -0.4 is 31.5 Å². The second kappa shape index (κ2) is 27.7. The molecule has 3 atom stereocenters. The first-order chi connectivity index (χ1) is 40.9. The molecule has 448 valence electrons. The van der Waals surface area contributed by atoms with Crippen molar-refractivity contribution in [3.8, 4) is 40.0 Å². The first-order valence-electron chi connectivity index (χ1n) is 29.9. The van der Waals surface area contributed by atoms with Gasteiger partial charge < -0.3 is 50.3 Å². The number of rotatable bonds is 23. The van der Waals surface area contributed by atoms with Gasteiger partial charge >= 0.3 is 0 Å². The maximum Gasteiger partial charge on any atom is 0.258 e. The minimum Gasteiger partial charge on any atom is -0.483 e. The Labute approximate surface area is 496 Å². The van der Waals surface area contributed by atoms with Gasteiger partial charge in [0, 0.05) is 74.7 Å². The maximum atomic E-state index is 14.6. The zero-order chi connectivity index (χ0) is 60.3. The van der Waals surface area contributed by atoms with E-state index in [1.165, 1.54) is 4.90 Å². The number of fused-ring (bicyclic) bond motifs is 1. The molecule has 9 rings (SSSR count). The highest BCUT2D eigenvalue weighted by atomic mass is 19.1. The molecule has 7 N–H and O–H groups in total. The van der Waals surface area contributed by atoms with Gasteiger partial charge in [-0.15, -0.1) is 0 Å². The molecule has 17 nitrogen and oxygen atoms in total. The van der Waals surface area contributed by atoms with E-state index in [9.17, 15) is 44.0 Å². The van der Waals surface area contributed by atoms with Gasteiger partial charge in [-0.25, -0.2) is 9.37 Å². The minimum absolute atomic E-state index is 0.00675. The van der Waals surface area contributed by atoms with Crippen LogP contribution in [-0.2, 0) is 37.1 Å². The molecule has 0 unspecified atom stereocenters. The monoisotopic (exact) mass is 1160 g/mol. The van der Waals surface area contributed by atoms with Crippen molar-refractivity contribution in [2.75, 3.05) is 26.2 Å². The number of benzene rings is 4. The lowest BCUT2D eigenvalue weighted by Crippen LogP contribution is -2.59. The lowest BCUT2D eigenvalue weighted by molar-refractivity contribution is -0.145. The van der Waals surface area contributed by atoms with Crippen LogP contribution in [0.4, 0.5) is 4.39 Å². The number of nitrogens with one attached hydrogen (secondary N) is 5. The Kier molecular flexibility index (Phi) is 20.0. The molecule has 3 fully saturated rings. The summed E-state index contributed by atoms with van der Waals surface area (Å²) in [6, 6.07) is 32.1. The summed E-state index contributed by atoms with van der Waals surface area (Å²) in [5, 5.41) is 42.6. The molecule has 2 aromatic heterocycles. The smallest absolute Gasteiger partial charge is 0.258 e. The Morgan fingerprint density at radius 3 is 2.22 bits per heavy atom. The topological polar surface area (TPSA) is 233 Å². The van der Waals surface area contributed by atoms with Crippen molar-refractivity contribution < 1.29 is 43.3 Å². The number of carbonyl (C=O) groups is 5. The van der Waals surface area contributed by atoms with E-state index >= 15 is 0 Å². The van der Waals surface area contributed by atoms with Crippen LogP contribution in [-0.4, -0.2) is 115 Å². The van der Waals surface area contributed by atoms with Crippen LogP contribution in [0, 0.1) is 29.6 Å². The molecule has 2 saturated carbocycles. The molecule has 1 aliphatic heterocycles. The number of aliphatic hydroxyl groups excluding tert-OH is 2. The van der Waals surface area contributed by atoms with Crippen LogP contribution in [0.25, 0.3) is 33.4 Å².